The summed E-state index contributed by atoms with van der Waals surface area (Å²) in [5.41, 5.74) is 2.78. The fraction of sp³-hybridized carbons (Fsp3) is 0.231. The van der Waals surface area contributed by atoms with Crippen molar-refractivity contribution in [3.05, 3.63) is 41.5 Å². The Morgan fingerprint density at radius 1 is 1.47 bits per heavy atom. The van der Waals surface area contributed by atoms with Crippen molar-refractivity contribution in [1.82, 2.24) is 9.78 Å². The van der Waals surface area contributed by atoms with Crippen LogP contribution in [0, 0.1) is 5.82 Å². The Morgan fingerprint density at radius 2 is 2.24 bits per heavy atom. The molecule has 0 radical (unpaired) electrons. The zero-order valence-electron chi connectivity index (χ0n) is 9.77. The monoisotopic (exact) mass is 232 g/mol. The van der Waals surface area contributed by atoms with Crippen LogP contribution in [0.4, 0.5) is 4.39 Å². The first-order valence-corrected chi connectivity index (χ1v) is 5.43. The van der Waals surface area contributed by atoms with E-state index in [4.69, 9.17) is 0 Å². The Kier molecular flexibility index (Phi) is 3.04. The summed E-state index contributed by atoms with van der Waals surface area (Å²) in [5, 5.41) is 4.32. The van der Waals surface area contributed by atoms with E-state index in [0.29, 0.717) is 6.29 Å². The van der Waals surface area contributed by atoms with Crippen molar-refractivity contribution in [2.24, 2.45) is 7.05 Å². The third-order valence-electron chi connectivity index (χ3n) is 2.67. The van der Waals surface area contributed by atoms with Gasteiger partial charge in [0.2, 0.25) is 0 Å². The molecule has 0 fully saturated rings. The molecule has 0 aliphatic rings. The summed E-state index contributed by atoms with van der Waals surface area (Å²) in [6.07, 6.45) is 3.20. The molecule has 0 N–H and O–H groups in total. The molecule has 0 atom stereocenters. The summed E-state index contributed by atoms with van der Waals surface area (Å²) in [7, 11) is 1.84. The maximum atomic E-state index is 13.2. The van der Waals surface area contributed by atoms with Crippen LogP contribution in [0.1, 0.15) is 23.0 Å². The van der Waals surface area contributed by atoms with Gasteiger partial charge in [-0.05, 0) is 24.1 Å². The standard InChI is InChI=1S/C13H13FN2O/c1-3-13-11(7-16(2)15-13)9-4-5-12(14)10(6-9)8-17/h4-8H,3H2,1-2H3. The van der Waals surface area contributed by atoms with Crippen LogP contribution in [0.5, 0.6) is 0 Å². The van der Waals surface area contributed by atoms with Crippen molar-refractivity contribution in [1.29, 1.82) is 0 Å². The van der Waals surface area contributed by atoms with Crippen molar-refractivity contribution in [3.63, 3.8) is 0 Å². The lowest BCUT2D eigenvalue weighted by molar-refractivity contribution is 0.112. The molecular formula is C13H13FN2O. The predicted octanol–water partition coefficient (Wildman–Crippen LogP) is 2.60. The van der Waals surface area contributed by atoms with Crippen molar-refractivity contribution in [3.8, 4) is 11.1 Å². The number of halogens is 1. The Hall–Kier alpha value is -1.97. The van der Waals surface area contributed by atoms with Crippen LogP contribution in [0.3, 0.4) is 0 Å². The third-order valence-corrected chi connectivity index (χ3v) is 2.67. The number of hydrogen-bond acceptors (Lipinski definition) is 2. The highest BCUT2D eigenvalue weighted by molar-refractivity contribution is 5.79. The third kappa shape index (κ3) is 2.11. The Labute approximate surface area is 98.9 Å². The molecule has 0 amide bonds. The van der Waals surface area contributed by atoms with Gasteiger partial charge < -0.3 is 0 Å². The molecule has 1 aromatic carbocycles. The molecule has 0 aliphatic heterocycles. The molecule has 2 rings (SSSR count). The van der Waals surface area contributed by atoms with Gasteiger partial charge in [-0.25, -0.2) is 4.39 Å². The van der Waals surface area contributed by atoms with E-state index in [1.54, 1.807) is 16.8 Å². The maximum Gasteiger partial charge on any atom is 0.153 e. The topological polar surface area (TPSA) is 34.9 Å². The minimum Gasteiger partial charge on any atom is -0.298 e. The highest BCUT2D eigenvalue weighted by atomic mass is 19.1. The minimum atomic E-state index is -0.495. The van der Waals surface area contributed by atoms with Crippen LogP contribution < -0.4 is 0 Å². The van der Waals surface area contributed by atoms with Gasteiger partial charge in [-0.3, -0.25) is 9.48 Å². The molecule has 0 saturated heterocycles. The highest BCUT2D eigenvalue weighted by Crippen LogP contribution is 2.24. The molecule has 0 aliphatic carbocycles. The first-order chi connectivity index (χ1) is 8.15. The summed E-state index contributed by atoms with van der Waals surface area (Å²) in [4.78, 5) is 10.7. The number of hydrogen-bond donors (Lipinski definition) is 0. The van der Waals surface area contributed by atoms with Gasteiger partial charge in [-0.1, -0.05) is 13.0 Å². The van der Waals surface area contributed by atoms with E-state index in [1.165, 1.54) is 6.07 Å². The largest absolute Gasteiger partial charge is 0.298 e. The Morgan fingerprint density at radius 3 is 2.88 bits per heavy atom. The van der Waals surface area contributed by atoms with E-state index in [1.807, 2.05) is 20.2 Å². The smallest absolute Gasteiger partial charge is 0.153 e. The van der Waals surface area contributed by atoms with Crippen LogP contribution in [-0.4, -0.2) is 16.1 Å². The van der Waals surface area contributed by atoms with Gasteiger partial charge >= 0.3 is 0 Å². The number of aldehydes is 1. The molecule has 2 aromatic rings. The van der Waals surface area contributed by atoms with Gasteiger partial charge in [-0.2, -0.15) is 5.10 Å². The Bertz CT molecular complexity index is 561. The number of benzene rings is 1. The van der Waals surface area contributed by atoms with Crippen LogP contribution in [0.15, 0.2) is 24.4 Å². The predicted molar refractivity (Wildman–Crippen MR) is 63.4 cm³/mol. The summed E-state index contributed by atoms with van der Waals surface area (Å²) in [6, 6.07) is 4.53. The lowest BCUT2D eigenvalue weighted by Gasteiger charge is -2.02. The van der Waals surface area contributed by atoms with Crippen LogP contribution in [0.2, 0.25) is 0 Å². The van der Waals surface area contributed by atoms with Gasteiger partial charge in [0.05, 0.1) is 11.3 Å². The van der Waals surface area contributed by atoms with Crippen LogP contribution in [-0.2, 0) is 13.5 Å². The first kappa shape index (κ1) is 11.5. The zero-order valence-corrected chi connectivity index (χ0v) is 9.77. The number of carbonyl (C=O) groups excluding carboxylic acids is 1. The number of carbonyl (C=O) groups is 1. The average molecular weight is 232 g/mol. The first-order valence-electron chi connectivity index (χ1n) is 5.43. The summed E-state index contributed by atoms with van der Waals surface area (Å²) in [6.45, 7) is 2.01. The number of nitrogens with zero attached hydrogens (tertiary/aromatic N) is 2. The van der Waals surface area contributed by atoms with E-state index in [0.717, 1.165) is 23.2 Å². The van der Waals surface area contributed by atoms with Crippen LogP contribution >= 0.6 is 0 Å². The second kappa shape index (κ2) is 4.49. The van der Waals surface area contributed by atoms with Crippen molar-refractivity contribution in [2.75, 3.05) is 0 Å². The molecule has 1 aromatic heterocycles. The number of rotatable bonds is 3. The highest BCUT2D eigenvalue weighted by Gasteiger charge is 2.10. The maximum absolute atomic E-state index is 13.2. The summed E-state index contributed by atoms with van der Waals surface area (Å²) < 4.78 is 14.9. The fourth-order valence-electron chi connectivity index (χ4n) is 1.84. The van der Waals surface area contributed by atoms with Gasteiger partial charge in [0.25, 0.3) is 0 Å². The summed E-state index contributed by atoms with van der Waals surface area (Å²) >= 11 is 0. The quantitative estimate of drug-likeness (QED) is 0.762. The molecule has 0 spiro atoms. The average Bonchev–Trinajstić information content (AvgIpc) is 2.71. The SMILES string of the molecule is CCc1nn(C)cc1-c1ccc(F)c(C=O)c1. The van der Waals surface area contributed by atoms with Crippen molar-refractivity contribution in [2.45, 2.75) is 13.3 Å². The van der Waals surface area contributed by atoms with Crippen LogP contribution in [0.25, 0.3) is 11.1 Å². The normalized spacial score (nSPS) is 10.5. The molecule has 17 heavy (non-hydrogen) atoms. The fourth-order valence-corrected chi connectivity index (χ4v) is 1.84. The molecule has 3 nitrogen and oxygen atoms in total. The van der Waals surface area contributed by atoms with Gasteiger partial charge in [-0.15, -0.1) is 0 Å². The van der Waals surface area contributed by atoms with Gasteiger partial charge in [0, 0.05) is 18.8 Å². The number of aromatic nitrogens is 2. The van der Waals surface area contributed by atoms with Gasteiger partial charge in [0.15, 0.2) is 6.29 Å². The zero-order chi connectivity index (χ0) is 12.4. The van der Waals surface area contributed by atoms with E-state index >= 15 is 0 Å². The molecule has 0 saturated carbocycles. The lowest BCUT2D eigenvalue weighted by Crippen LogP contribution is -1.90. The van der Waals surface area contributed by atoms with E-state index in [-0.39, 0.29) is 5.56 Å². The second-order valence-electron chi connectivity index (χ2n) is 3.87. The molecule has 88 valence electrons. The molecule has 0 bridgehead atoms. The molecule has 4 heteroatoms. The van der Waals surface area contributed by atoms with E-state index < -0.39 is 5.82 Å². The van der Waals surface area contributed by atoms with E-state index in [9.17, 15) is 9.18 Å². The minimum absolute atomic E-state index is 0.0772. The van der Waals surface area contributed by atoms with Gasteiger partial charge in [0.1, 0.15) is 5.82 Å². The Balaban J connectivity index is 2.55. The van der Waals surface area contributed by atoms with Crippen molar-refractivity contribution >= 4 is 6.29 Å². The second-order valence-corrected chi connectivity index (χ2v) is 3.87. The molecule has 1 heterocycles. The van der Waals surface area contributed by atoms with E-state index in [2.05, 4.69) is 5.10 Å². The number of aryl methyl sites for hydroxylation is 2. The summed E-state index contributed by atoms with van der Waals surface area (Å²) in [5.74, 6) is -0.495. The lowest BCUT2D eigenvalue weighted by atomic mass is 10.0. The van der Waals surface area contributed by atoms with Crippen molar-refractivity contribution < 1.29 is 9.18 Å². The molecular weight excluding hydrogens is 219 g/mol. The molecule has 0 unspecified atom stereocenters.